The number of hydrogen-bond donors (Lipinski definition) is 1. The van der Waals surface area contributed by atoms with Crippen LogP contribution in [0, 0.1) is 16.0 Å². The van der Waals surface area contributed by atoms with Crippen LogP contribution in [0.5, 0.6) is 5.75 Å². The zero-order chi connectivity index (χ0) is 18.3. The summed E-state index contributed by atoms with van der Waals surface area (Å²) in [6, 6.07) is 10.6. The minimum Gasteiger partial charge on any atom is -0.494 e. The number of allylic oxidation sites excluding steroid dienone is 2. The number of fused-ring (bicyclic) bond motifs is 3. The van der Waals surface area contributed by atoms with Crippen molar-refractivity contribution in [1.82, 2.24) is 0 Å². The topological polar surface area (TPSA) is 64.4 Å². The van der Waals surface area contributed by atoms with E-state index in [4.69, 9.17) is 16.3 Å². The van der Waals surface area contributed by atoms with Crippen molar-refractivity contribution in [3.63, 3.8) is 0 Å². The highest BCUT2D eigenvalue weighted by atomic mass is 35.5. The van der Waals surface area contributed by atoms with Gasteiger partial charge in [-0.1, -0.05) is 23.8 Å². The molecule has 0 bridgehead atoms. The molecule has 0 amide bonds. The second kappa shape index (κ2) is 6.65. The highest BCUT2D eigenvalue weighted by Gasteiger charge is 2.39. The molecular formula is C20H19ClN2O3. The average molecular weight is 371 g/mol. The van der Waals surface area contributed by atoms with Gasteiger partial charge in [0.05, 0.1) is 17.6 Å². The number of hydrogen-bond acceptors (Lipinski definition) is 4. The third-order valence-electron chi connectivity index (χ3n) is 5.17. The molecule has 0 saturated carbocycles. The minimum absolute atomic E-state index is 0.0613. The highest BCUT2D eigenvalue weighted by molar-refractivity contribution is 6.31. The minimum atomic E-state index is -0.380. The monoisotopic (exact) mass is 370 g/mol. The second-order valence-electron chi connectivity index (χ2n) is 6.62. The van der Waals surface area contributed by atoms with Crippen LogP contribution in [0.1, 0.15) is 36.4 Å². The molecule has 26 heavy (non-hydrogen) atoms. The van der Waals surface area contributed by atoms with E-state index in [9.17, 15) is 10.1 Å². The van der Waals surface area contributed by atoms with Crippen LogP contribution in [0.4, 0.5) is 11.4 Å². The normalized spacial score (nSPS) is 23.1. The van der Waals surface area contributed by atoms with Crippen LogP contribution in [0.3, 0.4) is 0 Å². The summed E-state index contributed by atoms with van der Waals surface area (Å²) in [6.07, 6.45) is 5.30. The average Bonchev–Trinajstić information content (AvgIpc) is 3.12. The fourth-order valence-electron chi connectivity index (χ4n) is 4.02. The fourth-order valence-corrected chi connectivity index (χ4v) is 4.25. The molecule has 1 aliphatic carbocycles. The Morgan fingerprint density at radius 2 is 2.12 bits per heavy atom. The predicted molar refractivity (Wildman–Crippen MR) is 102 cm³/mol. The molecule has 2 aromatic carbocycles. The SMILES string of the molecule is CCOc1ccc2c(c1)C1C=CCC1C(c1cc([N+](=O)[O-])ccc1Cl)N2. The molecule has 0 saturated heterocycles. The van der Waals surface area contributed by atoms with Crippen molar-refractivity contribution in [2.24, 2.45) is 5.92 Å². The van der Waals surface area contributed by atoms with Gasteiger partial charge >= 0.3 is 0 Å². The smallest absolute Gasteiger partial charge is 0.269 e. The van der Waals surface area contributed by atoms with Gasteiger partial charge in [0.1, 0.15) is 5.75 Å². The van der Waals surface area contributed by atoms with Crippen LogP contribution in [-0.4, -0.2) is 11.5 Å². The number of halogens is 1. The number of non-ortho nitro benzene ring substituents is 1. The fraction of sp³-hybridized carbons (Fsp3) is 0.300. The summed E-state index contributed by atoms with van der Waals surface area (Å²) in [5, 5.41) is 15.3. The van der Waals surface area contributed by atoms with Gasteiger partial charge in [-0.25, -0.2) is 0 Å². The van der Waals surface area contributed by atoms with Crippen molar-refractivity contribution in [1.29, 1.82) is 0 Å². The lowest BCUT2D eigenvalue weighted by Gasteiger charge is -2.38. The molecule has 4 rings (SSSR count). The lowest BCUT2D eigenvalue weighted by atomic mass is 9.77. The Morgan fingerprint density at radius 1 is 1.27 bits per heavy atom. The number of nitro benzene ring substituents is 1. The molecule has 1 aliphatic heterocycles. The Balaban J connectivity index is 1.77. The Labute approximate surface area is 156 Å². The highest BCUT2D eigenvalue weighted by Crippen LogP contribution is 2.51. The third kappa shape index (κ3) is 2.82. The van der Waals surface area contributed by atoms with Gasteiger partial charge in [-0.2, -0.15) is 0 Å². The molecule has 0 aromatic heterocycles. The zero-order valence-electron chi connectivity index (χ0n) is 14.3. The molecule has 5 nitrogen and oxygen atoms in total. The first-order valence-corrected chi connectivity index (χ1v) is 9.10. The van der Waals surface area contributed by atoms with Gasteiger partial charge in [0.25, 0.3) is 5.69 Å². The van der Waals surface area contributed by atoms with Crippen LogP contribution >= 0.6 is 11.6 Å². The summed E-state index contributed by atoms with van der Waals surface area (Å²) in [7, 11) is 0. The molecule has 3 atom stereocenters. The van der Waals surface area contributed by atoms with Crippen molar-refractivity contribution < 1.29 is 9.66 Å². The number of nitro groups is 1. The van der Waals surface area contributed by atoms with E-state index in [1.807, 2.05) is 19.1 Å². The molecule has 1 heterocycles. The van der Waals surface area contributed by atoms with E-state index in [1.54, 1.807) is 12.1 Å². The molecule has 0 spiro atoms. The molecule has 3 unspecified atom stereocenters. The van der Waals surface area contributed by atoms with Crippen LogP contribution in [-0.2, 0) is 0 Å². The van der Waals surface area contributed by atoms with Gasteiger partial charge in [0.2, 0.25) is 0 Å². The molecule has 2 aliphatic rings. The Kier molecular flexibility index (Phi) is 4.32. The van der Waals surface area contributed by atoms with Gasteiger partial charge < -0.3 is 10.1 Å². The second-order valence-corrected chi connectivity index (χ2v) is 7.03. The molecule has 0 fully saturated rings. The number of rotatable bonds is 4. The molecule has 2 aromatic rings. The van der Waals surface area contributed by atoms with Crippen LogP contribution in [0.2, 0.25) is 5.02 Å². The number of anilines is 1. The van der Waals surface area contributed by atoms with E-state index in [-0.39, 0.29) is 28.5 Å². The Hall–Kier alpha value is -2.53. The lowest BCUT2D eigenvalue weighted by Crippen LogP contribution is -2.29. The van der Waals surface area contributed by atoms with Gasteiger partial charge in [-0.05, 0) is 49.1 Å². The van der Waals surface area contributed by atoms with E-state index in [2.05, 4.69) is 23.5 Å². The van der Waals surface area contributed by atoms with Crippen LogP contribution in [0.15, 0.2) is 48.6 Å². The molecule has 134 valence electrons. The Morgan fingerprint density at radius 3 is 2.88 bits per heavy atom. The van der Waals surface area contributed by atoms with Crippen molar-refractivity contribution in [3.05, 3.63) is 74.8 Å². The van der Waals surface area contributed by atoms with Gasteiger partial charge in [-0.15, -0.1) is 0 Å². The summed E-state index contributed by atoms with van der Waals surface area (Å²) in [6.45, 7) is 2.60. The molecule has 6 heteroatoms. The van der Waals surface area contributed by atoms with Crippen molar-refractivity contribution >= 4 is 23.0 Å². The maximum atomic E-state index is 11.2. The van der Waals surface area contributed by atoms with Crippen molar-refractivity contribution in [2.75, 3.05) is 11.9 Å². The summed E-state index contributed by atoms with van der Waals surface area (Å²) in [4.78, 5) is 10.8. The third-order valence-corrected chi connectivity index (χ3v) is 5.51. The largest absolute Gasteiger partial charge is 0.494 e. The quantitative estimate of drug-likeness (QED) is 0.440. The molecule has 0 radical (unpaired) electrons. The van der Waals surface area contributed by atoms with E-state index >= 15 is 0 Å². The van der Waals surface area contributed by atoms with Crippen molar-refractivity contribution in [2.45, 2.75) is 25.3 Å². The number of ether oxygens (including phenoxy) is 1. The van der Waals surface area contributed by atoms with Crippen LogP contribution in [0.25, 0.3) is 0 Å². The first-order chi connectivity index (χ1) is 12.6. The van der Waals surface area contributed by atoms with Gasteiger partial charge in [-0.3, -0.25) is 10.1 Å². The zero-order valence-corrected chi connectivity index (χ0v) is 15.1. The standard InChI is InChI=1S/C20H19ClN2O3/c1-2-26-13-7-9-19-16(11-13)14-4-3-5-15(14)20(22-19)17-10-12(23(24)25)6-8-18(17)21/h3-4,6-11,14-15,20,22H,2,5H2,1H3. The van der Waals surface area contributed by atoms with Crippen molar-refractivity contribution in [3.8, 4) is 5.75 Å². The van der Waals surface area contributed by atoms with Gasteiger partial charge in [0, 0.05) is 34.3 Å². The summed E-state index contributed by atoms with van der Waals surface area (Å²) in [5.74, 6) is 1.37. The Bertz CT molecular complexity index is 897. The van der Waals surface area contributed by atoms with E-state index in [0.29, 0.717) is 11.6 Å². The molecule has 1 N–H and O–H groups in total. The number of benzene rings is 2. The lowest BCUT2D eigenvalue weighted by molar-refractivity contribution is -0.384. The van der Waals surface area contributed by atoms with E-state index in [0.717, 1.165) is 23.4 Å². The summed E-state index contributed by atoms with van der Waals surface area (Å²) >= 11 is 6.42. The van der Waals surface area contributed by atoms with E-state index in [1.165, 1.54) is 11.6 Å². The maximum Gasteiger partial charge on any atom is 0.269 e. The number of nitrogens with one attached hydrogen (secondary N) is 1. The van der Waals surface area contributed by atoms with Gasteiger partial charge in [0.15, 0.2) is 0 Å². The van der Waals surface area contributed by atoms with E-state index < -0.39 is 0 Å². The first-order valence-electron chi connectivity index (χ1n) is 8.72. The predicted octanol–water partition coefficient (Wildman–Crippen LogP) is 5.47. The summed E-state index contributed by atoms with van der Waals surface area (Å²) in [5.41, 5.74) is 3.06. The number of nitrogens with zero attached hydrogens (tertiary/aromatic N) is 1. The summed E-state index contributed by atoms with van der Waals surface area (Å²) < 4.78 is 5.65. The molecular weight excluding hydrogens is 352 g/mol. The maximum absolute atomic E-state index is 11.2. The first kappa shape index (κ1) is 16.9. The van der Waals surface area contributed by atoms with Crippen LogP contribution < -0.4 is 10.1 Å².